The lowest BCUT2D eigenvalue weighted by Gasteiger charge is -2.44. The highest BCUT2D eigenvalue weighted by Gasteiger charge is 2.73. The van der Waals surface area contributed by atoms with Crippen LogP contribution in [0.4, 0.5) is 8.78 Å². The minimum absolute atomic E-state index is 0.216. The Morgan fingerprint density at radius 3 is 2.54 bits per heavy atom. The van der Waals surface area contributed by atoms with Gasteiger partial charge in [-0.2, -0.15) is 17.2 Å². The summed E-state index contributed by atoms with van der Waals surface area (Å²) in [5.41, 5.74) is -0.107. The normalized spacial score (nSPS) is 38.5. The van der Waals surface area contributed by atoms with E-state index in [2.05, 4.69) is 13.0 Å². The number of amides is 1. The maximum Gasteiger partial charge on any atom is 0.405 e. The lowest BCUT2D eigenvalue weighted by Crippen LogP contribution is -2.56. The Balaban J connectivity index is 1.45. The molecule has 2 aliphatic carbocycles. The molecule has 39 heavy (non-hydrogen) atoms. The number of fused-ring (bicyclic) bond motifs is 3. The summed E-state index contributed by atoms with van der Waals surface area (Å²) in [5.74, 6) is -3.76. The Morgan fingerprint density at radius 1 is 1.26 bits per heavy atom. The van der Waals surface area contributed by atoms with Crippen molar-refractivity contribution in [1.82, 2.24) is 4.90 Å². The largest absolute Gasteiger partial charge is 0.458 e. The van der Waals surface area contributed by atoms with E-state index in [0.717, 1.165) is 12.8 Å². The van der Waals surface area contributed by atoms with Crippen LogP contribution in [0.2, 0.25) is 0 Å². The molecule has 1 amide bonds. The van der Waals surface area contributed by atoms with Crippen LogP contribution in [0.25, 0.3) is 0 Å². The van der Waals surface area contributed by atoms with E-state index in [4.69, 9.17) is 14.0 Å². The molecule has 0 aromatic carbocycles. The molecule has 9 unspecified atom stereocenters. The molecule has 0 spiro atoms. The van der Waals surface area contributed by atoms with Gasteiger partial charge < -0.3 is 14.4 Å². The van der Waals surface area contributed by atoms with E-state index in [1.165, 1.54) is 17.3 Å². The zero-order chi connectivity index (χ0) is 28.9. The van der Waals surface area contributed by atoms with Crippen LogP contribution >= 0.6 is 11.8 Å². The number of thioether (sulfide) groups is 1. The second-order valence-corrected chi connectivity index (χ2v) is 15.6. The maximum atomic E-state index is 14.2. The van der Waals surface area contributed by atoms with Gasteiger partial charge in [0.25, 0.3) is 0 Å². The molecule has 0 aromatic rings. The van der Waals surface area contributed by atoms with E-state index in [-0.39, 0.29) is 17.8 Å². The van der Waals surface area contributed by atoms with Crippen molar-refractivity contribution in [1.29, 1.82) is 0 Å². The van der Waals surface area contributed by atoms with Gasteiger partial charge in [-0.15, -0.1) is 11.8 Å². The Hall–Kier alpha value is -1.73. The molecule has 9 nitrogen and oxygen atoms in total. The summed E-state index contributed by atoms with van der Waals surface area (Å²) in [6.07, 6.45) is 2.63. The van der Waals surface area contributed by atoms with Crippen LogP contribution in [0.5, 0.6) is 0 Å². The molecule has 0 radical (unpaired) electrons. The molecule has 13 heteroatoms. The topological polar surface area (TPSA) is 127 Å². The third-order valence-electron chi connectivity index (χ3n) is 8.96. The lowest BCUT2D eigenvalue weighted by molar-refractivity contribution is -0.174. The van der Waals surface area contributed by atoms with E-state index < -0.39 is 72.9 Å². The van der Waals surface area contributed by atoms with Gasteiger partial charge >= 0.3 is 27.3 Å². The van der Waals surface area contributed by atoms with Crippen LogP contribution in [0.1, 0.15) is 66.7 Å². The number of carbonyl (C=O) groups is 3. The van der Waals surface area contributed by atoms with Crippen LogP contribution in [0.15, 0.2) is 11.6 Å². The molecule has 9 atom stereocenters. The van der Waals surface area contributed by atoms with Crippen molar-refractivity contribution in [2.45, 2.75) is 106 Å². The molecule has 1 saturated carbocycles. The van der Waals surface area contributed by atoms with Gasteiger partial charge in [0.15, 0.2) is 6.10 Å². The Bertz CT molecular complexity index is 1230. The number of halogens is 2. The van der Waals surface area contributed by atoms with Crippen LogP contribution in [0, 0.1) is 23.2 Å². The van der Waals surface area contributed by atoms with Crippen LogP contribution in [-0.4, -0.2) is 75.3 Å². The Kier molecular flexibility index (Phi) is 6.74. The SMILES string of the molecule is CC1C=C2CCCC(C(=O)OC3C4SC5C(C(=O)N(C(C)(C)C)C35)C4C(=O)OC(C)C(F)(F)S(=O)(=O)O)(C2)C1. The summed E-state index contributed by atoms with van der Waals surface area (Å²) in [5, 5.41) is -5.87. The predicted molar refractivity (Wildman–Crippen MR) is 137 cm³/mol. The second-order valence-electron chi connectivity index (χ2n) is 12.8. The number of allylic oxidation sites excluding steroid dienone is 2. The highest BCUT2D eigenvalue weighted by molar-refractivity contribution is 8.01. The average molecular weight is 592 g/mol. The van der Waals surface area contributed by atoms with E-state index in [0.29, 0.717) is 26.2 Å². The summed E-state index contributed by atoms with van der Waals surface area (Å²) in [6.45, 7) is 8.26. The zero-order valence-electron chi connectivity index (χ0n) is 22.6. The number of carbonyl (C=O) groups excluding carboxylic acids is 3. The first-order valence-corrected chi connectivity index (χ1v) is 15.7. The summed E-state index contributed by atoms with van der Waals surface area (Å²) >= 11 is 1.32. The highest BCUT2D eigenvalue weighted by Crippen LogP contribution is 2.62. The summed E-state index contributed by atoms with van der Waals surface area (Å²) in [7, 11) is -5.85. The van der Waals surface area contributed by atoms with Crippen LogP contribution < -0.4 is 0 Å². The molecule has 0 aromatic heterocycles. The van der Waals surface area contributed by atoms with E-state index in [1.54, 1.807) is 4.90 Å². The molecular weight excluding hydrogens is 556 g/mol. The molecule has 5 rings (SSSR count). The summed E-state index contributed by atoms with van der Waals surface area (Å²) in [6, 6.07) is -0.488. The van der Waals surface area contributed by atoms with Crippen molar-refractivity contribution in [2.75, 3.05) is 0 Å². The number of hydrogen-bond donors (Lipinski definition) is 1. The van der Waals surface area contributed by atoms with Crippen molar-refractivity contribution >= 4 is 39.7 Å². The quantitative estimate of drug-likeness (QED) is 0.280. The number of esters is 2. The number of alkyl halides is 2. The molecule has 4 bridgehead atoms. The van der Waals surface area contributed by atoms with Crippen molar-refractivity contribution in [3.8, 4) is 0 Å². The first-order chi connectivity index (χ1) is 17.9. The molecular formula is C26H35F2NO8S2. The van der Waals surface area contributed by atoms with Crippen molar-refractivity contribution in [2.24, 2.45) is 23.2 Å². The predicted octanol–water partition coefficient (Wildman–Crippen LogP) is 3.58. The molecule has 3 heterocycles. The number of likely N-dealkylation sites (tertiary alicyclic amines) is 1. The van der Waals surface area contributed by atoms with Crippen molar-refractivity contribution in [3.63, 3.8) is 0 Å². The lowest BCUT2D eigenvalue weighted by atomic mass is 9.63. The zero-order valence-corrected chi connectivity index (χ0v) is 24.2. The van der Waals surface area contributed by atoms with Gasteiger partial charge in [-0.1, -0.05) is 18.6 Å². The minimum Gasteiger partial charge on any atom is -0.458 e. The maximum absolute atomic E-state index is 14.2. The number of ether oxygens (including phenoxy) is 2. The molecule has 1 N–H and O–H groups in total. The smallest absolute Gasteiger partial charge is 0.405 e. The Morgan fingerprint density at radius 2 is 1.92 bits per heavy atom. The van der Waals surface area contributed by atoms with Gasteiger partial charge in [0, 0.05) is 10.8 Å². The fraction of sp³-hybridized carbons (Fsp3) is 0.808. The van der Waals surface area contributed by atoms with Crippen LogP contribution in [0.3, 0.4) is 0 Å². The molecule has 4 fully saturated rings. The standard InChI is InChI=1S/C26H35F2NO8S2/c1-12-9-14-7-6-8-25(10-12,11-14)23(32)37-18-17-19-15(21(30)29(17)24(3,4)5)16(20(18)38-19)22(31)36-13(2)26(27,28)39(33,34)35/h9,12-13,15-20H,6-8,10-11H2,1-5H3,(H,33,34,35). The molecule has 3 aliphatic heterocycles. The summed E-state index contributed by atoms with van der Waals surface area (Å²) in [4.78, 5) is 42.4. The van der Waals surface area contributed by atoms with Crippen LogP contribution in [-0.2, 0) is 34.0 Å². The average Bonchev–Trinajstić information content (AvgIpc) is 3.40. The number of nitrogens with zero attached hydrogens (tertiary/aromatic N) is 1. The van der Waals surface area contributed by atoms with E-state index >= 15 is 0 Å². The van der Waals surface area contributed by atoms with Gasteiger partial charge in [0.1, 0.15) is 6.10 Å². The van der Waals surface area contributed by atoms with Gasteiger partial charge in [-0.25, -0.2) is 0 Å². The number of hydrogen-bond acceptors (Lipinski definition) is 8. The minimum atomic E-state index is -5.85. The monoisotopic (exact) mass is 591 g/mol. The Labute approximate surface area is 231 Å². The van der Waals surface area contributed by atoms with Gasteiger partial charge in [0.2, 0.25) is 5.91 Å². The molecule has 3 saturated heterocycles. The van der Waals surface area contributed by atoms with Gasteiger partial charge in [0.05, 0.1) is 28.5 Å². The van der Waals surface area contributed by atoms with E-state index in [9.17, 15) is 31.6 Å². The van der Waals surface area contributed by atoms with Gasteiger partial charge in [-0.05, 0) is 65.7 Å². The first-order valence-electron chi connectivity index (χ1n) is 13.3. The first kappa shape index (κ1) is 28.8. The van der Waals surface area contributed by atoms with Gasteiger partial charge in [-0.3, -0.25) is 18.9 Å². The molecule has 218 valence electrons. The van der Waals surface area contributed by atoms with Crippen molar-refractivity contribution < 1.29 is 45.6 Å². The highest BCUT2D eigenvalue weighted by atomic mass is 32.2. The summed E-state index contributed by atoms with van der Waals surface area (Å²) < 4.78 is 70.8. The third kappa shape index (κ3) is 4.41. The van der Waals surface area contributed by atoms with E-state index in [1.807, 2.05) is 20.8 Å². The second kappa shape index (κ2) is 9.14. The third-order valence-corrected chi connectivity index (χ3v) is 11.7. The molecule has 5 aliphatic rings. The fourth-order valence-electron chi connectivity index (χ4n) is 7.50. The number of rotatable bonds is 6. The fourth-order valence-corrected chi connectivity index (χ4v) is 10.0. The van der Waals surface area contributed by atoms with Crippen molar-refractivity contribution in [3.05, 3.63) is 11.6 Å².